The zero-order chi connectivity index (χ0) is 17.4. The van der Waals surface area contributed by atoms with E-state index in [2.05, 4.69) is 5.32 Å². The molecule has 1 amide bonds. The average molecular weight is 339 g/mol. The summed E-state index contributed by atoms with van der Waals surface area (Å²) in [6, 6.07) is 2.75. The van der Waals surface area contributed by atoms with Crippen molar-refractivity contribution in [3.05, 3.63) is 28.8 Å². The Labute approximate surface area is 135 Å². The van der Waals surface area contributed by atoms with Crippen LogP contribution < -0.4 is 5.32 Å². The standard InChI is InChI=1S/C16H21NO5S/c1-9-6-13(23(3,21)22)8-14(10(9)2)15(18)17-12-5-4-11(7-12)16(19)20/h6,8,11-12H,4-5,7H2,1-3H3,(H,17,18)(H,19,20)/t11-,12+/m1/s1. The summed E-state index contributed by atoms with van der Waals surface area (Å²) in [6.45, 7) is 3.53. The average Bonchev–Trinajstić information content (AvgIpc) is 2.89. The third-order valence-corrected chi connectivity index (χ3v) is 5.52. The van der Waals surface area contributed by atoms with E-state index in [0.717, 1.165) is 17.4 Å². The van der Waals surface area contributed by atoms with Gasteiger partial charge in [-0.1, -0.05) is 0 Å². The van der Waals surface area contributed by atoms with Crippen LogP contribution in [0.2, 0.25) is 0 Å². The molecular formula is C16H21NO5S. The normalized spacial score (nSPS) is 21.2. The van der Waals surface area contributed by atoms with Gasteiger partial charge in [0.05, 0.1) is 10.8 Å². The fourth-order valence-corrected chi connectivity index (χ4v) is 3.60. The number of hydrogen-bond donors (Lipinski definition) is 2. The molecule has 0 aromatic heterocycles. The van der Waals surface area contributed by atoms with Crippen molar-refractivity contribution < 1.29 is 23.1 Å². The van der Waals surface area contributed by atoms with Crippen LogP contribution in [0.4, 0.5) is 0 Å². The summed E-state index contributed by atoms with van der Waals surface area (Å²) in [5, 5.41) is 11.8. The Hall–Kier alpha value is -1.89. The maximum Gasteiger partial charge on any atom is 0.306 e. The van der Waals surface area contributed by atoms with E-state index in [-0.39, 0.29) is 16.8 Å². The van der Waals surface area contributed by atoms with Crippen LogP contribution in [0.25, 0.3) is 0 Å². The maximum absolute atomic E-state index is 12.5. The number of aliphatic carboxylic acids is 1. The van der Waals surface area contributed by atoms with Crippen molar-refractivity contribution in [1.82, 2.24) is 5.32 Å². The topological polar surface area (TPSA) is 101 Å². The molecule has 2 atom stereocenters. The highest BCUT2D eigenvalue weighted by Gasteiger charge is 2.31. The molecule has 6 nitrogen and oxygen atoms in total. The van der Waals surface area contributed by atoms with Crippen molar-refractivity contribution in [3.8, 4) is 0 Å². The number of aryl methyl sites for hydroxylation is 1. The summed E-state index contributed by atoms with van der Waals surface area (Å²) in [4.78, 5) is 23.6. The van der Waals surface area contributed by atoms with Crippen LogP contribution in [0.1, 0.15) is 40.7 Å². The molecule has 0 spiro atoms. The van der Waals surface area contributed by atoms with E-state index in [9.17, 15) is 18.0 Å². The molecule has 1 aliphatic carbocycles. The van der Waals surface area contributed by atoms with Gasteiger partial charge in [0.25, 0.3) is 5.91 Å². The molecule has 0 aliphatic heterocycles. The van der Waals surface area contributed by atoms with Crippen LogP contribution in [-0.4, -0.2) is 37.7 Å². The van der Waals surface area contributed by atoms with Crippen LogP contribution in [0, 0.1) is 19.8 Å². The second-order valence-electron chi connectivity index (χ2n) is 6.20. The SMILES string of the molecule is Cc1cc(S(C)(=O)=O)cc(C(=O)N[C@H]2CC[C@@H](C(=O)O)C2)c1C. The minimum atomic E-state index is -3.40. The minimum absolute atomic E-state index is 0.112. The third-order valence-electron chi connectivity index (χ3n) is 4.43. The molecule has 0 radical (unpaired) electrons. The first-order valence-electron chi connectivity index (χ1n) is 7.44. The second-order valence-corrected chi connectivity index (χ2v) is 8.22. The van der Waals surface area contributed by atoms with E-state index < -0.39 is 21.7 Å². The number of benzene rings is 1. The first-order valence-corrected chi connectivity index (χ1v) is 9.33. The number of sulfone groups is 1. The van der Waals surface area contributed by atoms with Crippen molar-refractivity contribution in [1.29, 1.82) is 0 Å². The van der Waals surface area contributed by atoms with Crippen molar-refractivity contribution in [3.63, 3.8) is 0 Å². The highest BCUT2D eigenvalue weighted by molar-refractivity contribution is 7.90. The highest BCUT2D eigenvalue weighted by Crippen LogP contribution is 2.26. The van der Waals surface area contributed by atoms with Crippen molar-refractivity contribution in [2.45, 2.75) is 44.0 Å². The van der Waals surface area contributed by atoms with Crippen molar-refractivity contribution in [2.24, 2.45) is 5.92 Å². The highest BCUT2D eigenvalue weighted by atomic mass is 32.2. The Morgan fingerprint density at radius 1 is 1.22 bits per heavy atom. The van der Waals surface area contributed by atoms with Gasteiger partial charge in [-0.25, -0.2) is 8.42 Å². The predicted molar refractivity (Wildman–Crippen MR) is 85.3 cm³/mol. The Kier molecular flexibility index (Phi) is 4.79. The lowest BCUT2D eigenvalue weighted by atomic mass is 10.0. The van der Waals surface area contributed by atoms with Gasteiger partial charge in [0, 0.05) is 17.9 Å². The molecule has 1 aliphatic rings. The Balaban J connectivity index is 2.23. The third kappa shape index (κ3) is 3.90. The summed E-state index contributed by atoms with van der Waals surface area (Å²) in [6.07, 6.45) is 2.67. The number of carbonyl (C=O) groups is 2. The van der Waals surface area contributed by atoms with E-state index >= 15 is 0 Å². The van der Waals surface area contributed by atoms with Gasteiger partial charge in [-0.05, 0) is 56.4 Å². The van der Waals surface area contributed by atoms with Crippen LogP contribution in [0.3, 0.4) is 0 Å². The molecule has 23 heavy (non-hydrogen) atoms. The molecule has 0 bridgehead atoms. The van der Waals surface area contributed by atoms with Gasteiger partial charge in [-0.2, -0.15) is 0 Å². The van der Waals surface area contributed by atoms with Crippen LogP contribution in [0.5, 0.6) is 0 Å². The molecule has 2 rings (SSSR count). The summed E-state index contributed by atoms with van der Waals surface area (Å²) >= 11 is 0. The molecular weight excluding hydrogens is 318 g/mol. The van der Waals surface area contributed by atoms with Gasteiger partial charge in [0.2, 0.25) is 0 Å². The lowest BCUT2D eigenvalue weighted by Crippen LogP contribution is -2.34. The first-order chi connectivity index (χ1) is 10.6. The first kappa shape index (κ1) is 17.5. The second kappa shape index (κ2) is 6.31. The molecule has 1 fully saturated rings. The van der Waals surface area contributed by atoms with Gasteiger partial charge < -0.3 is 10.4 Å². The number of rotatable bonds is 4. The van der Waals surface area contributed by atoms with Gasteiger partial charge in [0.1, 0.15) is 0 Å². The minimum Gasteiger partial charge on any atom is -0.481 e. The van der Waals surface area contributed by atoms with E-state index in [1.807, 2.05) is 0 Å². The zero-order valence-corrected chi connectivity index (χ0v) is 14.2. The lowest BCUT2D eigenvalue weighted by molar-refractivity contribution is -0.141. The van der Waals surface area contributed by atoms with E-state index in [4.69, 9.17) is 5.11 Å². The zero-order valence-electron chi connectivity index (χ0n) is 13.4. The number of hydrogen-bond acceptors (Lipinski definition) is 4. The van der Waals surface area contributed by atoms with Crippen molar-refractivity contribution >= 4 is 21.7 Å². The Morgan fingerprint density at radius 3 is 2.39 bits per heavy atom. The Bertz CT molecular complexity index is 754. The summed E-state index contributed by atoms with van der Waals surface area (Å²) in [5.41, 5.74) is 1.78. The lowest BCUT2D eigenvalue weighted by Gasteiger charge is -2.15. The molecule has 1 aromatic carbocycles. The molecule has 1 saturated carbocycles. The predicted octanol–water partition coefficient (Wildman–Crippen LogP) is 1.69. The van der Waals surface area contributed by atoms with Gasteiger partial charge >= 0.3 is 5.97 Å². The largest absolute Gasteiger partial charge is 0.481 e. The molecule has 126 valence electrons. The van der Waals surface area contributed by atoms with Crippen LogP contribution in [-0.2, 0) is 14.6 Å². The maximum atomic E-state index is 12.5. The van der Waals surface area contributed by atoms with E-state index in [1.165, 1.54) is 6.07 Å². The summed E-state index contributed by atoms with van der Waals surface area (Å²) < 4.78 is 23.5. The number of carboxylic acids is 1. The molecule has 2 N–H and O–H groups in total. The van der Waals surface area contributed by atoms with Gasteiger partial charge in [0.15, 0.2) is 9.84 Å². The molecule has 0 saturated heterocycles. The number of nitrogens with one attached hydrogen (secondary N) is 1. The van der Waals surface area contributed by atoms with Gasteiger partial charge in [-0.15, -0.1) is 0 Å². The van der Waals surface area contributed by atoms with Crippen molar-refractivity contribution in [2.75, 3.05) is 6.26 Å². The molecule has 7 heteroatoms. The Morgan fingerprint density at radius 2 is 1.87 bits per heavy atom. The quantitative estimate of drug-likeness (QED) is 0.869. The number of carboxylic acid groups (broad SMARTS) is 1. The molecule has 0 unspecified atom stereocenters. The summed E-state index contributed by atoms with van der Waals surface area (Å²) in [7, 11) is -3.40. The monoisotopic (exact) mass is 339 g/mol. The van der Waals surface area contributed by atoms with E-state index in [1.54, 1.807) is 19.9 Å². The summed E-state index contributed by atoms with van der Waals surface area (Å²) in [5.74, 6) is -1.62. The molecule has 0 heterocycles. The fourth-order valence-electron chi connectivity index (χ4n) is 2.88. The molecule has 1 aromatic rings. The number of carbonyl (C=O) groups excluding carboxylic acids is 1. The smallest absolute Gasteiger partial charge is 0.306 e. The number of amides is 1. The van der Waals surface area contributed by atoms with Gasteiger partial charge in [-0.3, -0.25) is 9.59 Å². The van der Waals surface area contributed by atoms with Crippen LogP contribution >= 0.6 is 0 Å². The van der Waals surface area contributed by atoms with E-state index in [0.29, 0.717) is 24.8 Å². The fraction of sp³-hybridized carbons (Fsp3) is 0.500. The van der Waals surface area contributed by atoms with Crippen LogP contribution in [0.15, 0.2) is 17.0 Å².